The van der Waals surface area contributed by atoms with Crippen LogP contribution in [0.1, 0.15) is 13.3 Å². The van der Waals surface area contributed by atoms with Crippen LogP contribution in [0.5, 0.6) is 5.75 Å². The second-order valence-corrected chi connectivity index (χ2v) is 3.97. The highest BCUT2D eigenvalue weighted by molar-refractivity contribution is 5.46. The van der Waals surface area contributed by atoms with E-state index < -0.39 is 12.8 Å². The monoisotopic (exact) mass is 277 g/mol. The fourth-order valence-corrected chi connectivity index (χ4v) is 1.34. The molecule has 19 heavy (non-hydrogen) atoms. The predicted octanol–water partition coefficient (Wildman–Crippen LogP) is 3.47. The Hall–Kier alpha value is -1.43. The van der Waals surface area contributed by atoms with Crippen molar-refractivity contribution in [3.8, 4) is 5.75 Å². The van der Waals surface area contributed by atoms with Crippen molar-refractivity contribution in [2.24, 2.45) is 0 Å². The van der Waals surface area contributed by atoms with Crippen molar-refractivity contribution in [1.82, 2.24) is 0 Å². The van der Waals surface area contributed by atoms with Gasteiger partial charge in [0, 0.05) is 12.2 Å². The highest BCUT2D eigenvalue weighted by Crippen LogP contribution is 2.16. The Kier molecular flexibility index (Phi) is 6.49. The molecule has 108 valence electrons. The normalized spacial score (nSPS) is 11.4. The Morgan fingerprint density at radius 2 is 1.79 bits per heavy atom. The zero-order valence-corrected chi connectivity index (χ0v) is 10.8. The molecule has 0 aliphatic carbocycles. The molecule has 0 saturated carbocycles. The highest BCUT2D eigenvalue weighted by Gasteiger charge is 2.27. The van der Waals surface area contributed by atoms with E-state index in [-0.39, 0.29) is 6.61 Å². The standard InChI is InChI=1S/C13H18F3NO2/c1-2-8-19-12-5-3-11(4-6-12)17-7-9-18-10-13(14,15)16/h3-6,17H,2,7-10H2,1H3. The van der Waals surface area contributed by atoms with Gasteiger partial charge in [-0.25, -0.2) is 0 Å². The third-order valence-electron chi connectivity index (χ3n) is 2.17. The first kappa shape index (κ1) is 15.6. The summed E-state index contributed by atoms with van der Waals surface area (Å²) in [5, 5.41) is 2.97. The topological polar surface area (TPSA) is 30.5 Å². The lowest BCUT2D eigenvalue weighted by Crippen LogP contribution is -2.20. The molecule has 0 aliphatic rings. The van der Waals surface area contributed by atoms with Crippen molar-refractivity contribution < 1.29 is 22.6 Å². The molecule has 0 bridgehead atoms. The van der Waals surface area contributed by atoms with E-state index in [1.54, 1.807) is 0 Å². The summed E-state index contributed by atoms with van der Waals surface area (Å²) >= 11 is 0. The first-order valence-electron chi connectivity index (χ1n) is 6.12. The highest BCUT2D eigenvalue weighted by atomic mass is 19.4. The number of benzene rings is 1. The van der Waals surface area contributed by atoms with Gasteiger partial charge < -0.3 is 14.8 Å². The summed E-state index contributed by atoms with van der Waals surface area (Å²) in [5.74, 6) is 0.778. The van der Waals surface area contributed by atoms with Crippen LogP contribution in [0.3, 0.4) is 0 Å². The van der Waals surface area contributed by atoms with Crippen LogP contribution in [0.4, 0.5) is 18.9 Å². The number of ether oxygens (including phenoxy) is 2. The van der Waals surface area contributed by atoms with E-state index in [0.29, 0.717) is 13.2 Å². The van der Waals surface area contributed by atoms with Gasteiger partial charge in [-0.15, -0.1) is 0 Å². The lowest BCUT2D eigenvalue weighted by Gasteiger charge is -2.10. The van der Waals surface area contributed by atoms with E-state index in [0.717, 1.165) is 17.9 Å². The zero-order chi connectivity index (χ0) is 14.1. The van der Waals surface area contributed by atoms with E-state index in [1.807, 2.05) is 31.2 Å². The van der Waals surface area contributed by atoms with Gasteiger partial charge in [-0.2, -0.15) is 13.2 Å². The van der Waals surface area contributed by atoms with Crippen molar-refractivity contribution in [2.45, 2.75) is 19.5 Å². The molecule has 6 heteroatoms. The second kappa shape index (κ2) is 7.89. The van der Waals surface area contributed by atoms with Crippen LogP contribution in [0.15, 0.2) is 24.3 Å². The number of hydrogen-bond acceptors (Lipinski definition) is 3. The van der Waals surface area contributed by atoms with E-state index in [2.05, 4.69) is 10.1 Å². The van der Waals surface area contributed by atoms with Gasteiger partial charge in [-0.1, -0.05) is 6.92 Å². The Morgan fingerprint density at radius 3 is 2.37 bits per heavy atom. The largest absolute Gasteiger partial charge is 0.494 e. The van der Waals surface area contributed by atoms with Gasteiger partial charge in [0.1, 0.15) is 12.4 Å². The van der Waals surface area contributed by atoms with Crippen LogP contribution < -0.4 is 10.1 Å². The quantitative estimate of drug-likeness (QED) is 0.738. The molecule has 1 aromatic rings. The Bertz CT molecular complexity index is 352. The number of anilines is 1. The average molecular weight is 277 g/mol. The average Bonchev–Trinajstić information content (AvgIpc) is 2.36. The predicted molar refractivity (Wildman–Crippen MR) is 67.6 cm³/mol. The first-order valence-corrected chi connectivity index (χ1v) is 6.12. The maximum Gasteiger partial charge on any atom is 0.411 e. The smallest absolute Gasteiger partial charge is 0.411 e. The fourth-order valence-electron chi connectivity index (χ4n) is 1.34. The molecule has 0 heterocycles. The summed E-state index contributed by atoms with van der Waals surface area (Å²) in [5.41, 5.74) is 0.819. The van der Waals surface area contributed by atoms with E-state index in [9.17, 15) is 13.2 Å². The summed E-state index contributed by atoms with van der Waals surface area (Å²) in [6.45, 7) is 1.81. The number of hydrogen-bond donors (Lipinski definition) is 1. The van der Waals surface area contributed by atoms with Crippen LogP contribution in [0, 0.1) is 0 Å². The zero-order valence-electron chi connectivity index (χ0n) is 10.8. The van der Waals surface area contributed by atoms with Crippen molar-refractivity contribution in [3.05, 3.63) is 24.3 Å². The number of alkyl halides is 3. The first-order chi connectivity index (χ1) is 9.01. The SMILES string of the molecule is CCCOc1ccc(NCCOCC(F)(F)F)cc1. The third-order valence-corrected chi connectivity index (χ3v) is 2.17. The van der Waals surface area contributed by atoms with Gasteiger partial charge in [0.05, 0.1) is 13.2 Å². The van der Waals surface area contributed by atoms with Crippen molar-refractivity contribution in [1.29, 1.82) is 0 Å². The third kappa shape index (κ3) is 7.56. The Labute approximate surface area is 110 Å². The Balaban J connectivity index is 2.19. The summed E-state index contributed by atoms with van der Waals surface area (Å²) in [6, 6.07) is 7.26. The molecule has 0 atom stereocenters. The van der Waals surface area contributed by atoms with Gasteiger partial charge in [0.15, 0.2) is 0 Å². The molecule has 0 spiro atoms. The van der Waals surface area contributed by atoms with Gasteiger partial charge in [-0.3, -0.25) is 0 Å². The minimum atomic E-state index is -4.27. The molecular weight excluding hydrogens is 259 g/mol. The minimum absolute atomic E-state index is 0.00754. The fraction of sp³-hybridized carbons (Fsp3) is 0.538. The molecule has 1 rings (SSSR count). The van der Waals surface area contributed by atoms with Gasteiger partial charge in [-0.05, 0) is 30.7 Å². The number of rotatable bonds is 8. The molecule has 0 aliphatic heterocycles. The van der Waals surface area contributed by atoms with Crippen molar-refractivity contribution in [2.75, 3.05) is 31.7 Å². The van der Waals surface area contributed by atoms with Crippen LogP contribution >= 0.6 is 0 Å². The van der Waals surface area contributed by atoms with E-state index >= 15 is 0 Å². The minimum Gasteiger partial charge on any atom is -0.494 e. The molecule has 1 N–H and O–H groups in total. The maximum atomic E-state index is 11.8. The molecule has 0 saturated heterocycles. The second-order valence-electron chi connectivity index (χ2n) is 3.97. The van der Waals surface area contributed by atoms with E-state index in [1.165, 1.54) is 0 Å². The number of nitrogens with one attached hydrogen (secondary N) is 1. The van der Waals surface area contributed by atoms with E-state index in [4.69, 9.17) is 4.74 Å². The van der Waals surface area contributed by atoms with Crippen LogP contribution in [-0.4, -0.2) is 32.5 Å². The lowest BCUT2D eigenvalue weighted by atomic mass is 10.3. The van der Waals surface area contributed by atoms with Crippen molar-refractivity contribution in [3.63, 3.8) is 0 Å². The molecule has 3 nitrogen and oxygen atoms in total. The summed E-state index contributed by atoms with van der Waals surface area (Å²) in [6.07, 6.45) is -3.32. The maximum absolute atomic E-state index is 11.8. The summed E-state index contributed by atoms with van der Waals surface area (Å²) < 4.78 is 45.3. The molecular formula is C13H18F3NO2. The van der Waals surface area contributed by atoms with Gasteiger partial charge >= 0.3 is 6.18 Å². The molecule has 0 radical (unpaired) electrons. The summed E-state index contributed by atoms with van der Waals surface area (Å²) in [4.78, 5) is 0. The molecule has 0 fully saturated rings. The summed E-state index contributed by atoms with van der Waals surface area (Å²) in [7, 11) is 0. The van der Waals surface area contributed by atoms with Crippen molar-refractivity contribution >= 4 is 5.69 Å². The molecule has 0 unspecified atom stereocenters. The lowest BCUT2D eigenvalue weighted by molar-refractivity contribution is -0.172. The molecule has 0 aromatic heterocycles. The molecule has 0 amide bonds. The van der Waals surface area contributed by atoms with Crippen LogP contribution in [-0.2, 0) is 4.74 Å². The van der Waals surface area contributed by atoms with Crippen LogP contribution in [0.2, 0.25) is 0 Å². The number of halogens is 3. The van der Waals surface area contributed by atoms with Crippen LogP contribution in [0.25, 0.3) is 0 Å². The Morgan fingerprint density at radius 1 is 1.11 bits per heavy atom. The van der Waals surface area contributed by atoms with Gasteiger partial charge in [0.25, 0.3) is 0 Å². The molecule has 1 aromatic carbocycles. The van der Waals surface area contributed by atoms with Gasteiger partial charge in [0.2, 0.25) is 0 Å².